The van der Waals surface area contributed by atoms with Crippen LogP contribution in [0.4, 0.5) is 0 Å². The highest BCUT2D eigenvalue weighted by atomic mass is 32.1. The first kappa shape index (κ1) is 40.1. The Balaban J connectivity index is 1.16. The van der Waals surface area contributed by atoms with E-state index < -0.39 is 0 Å². The van der Waals surface area contributed by atoms with Crippen LogP contribution in [0.1, 0.15) is 115 Å². The van der Waals surface area contributed by atoms with E-state index in [4.69, 9.17) is 28.9 Å². The minimum absolute atomic E-state index is 0.557. The number of hydrogen-bond donors (Lipinski definition) is 0. The molecule has 2 aliphatic rings. The molecule has 298 valence electrons. The molecule has 0 amide bonds. The predicted molar refractivity (Wildman–Crippen MR) is 242 cm³/mol. The van der Waals surface area contributed by atoms with Gasteiger partial charge in [0.25, 0.3) is 0 Å². The van der Waals surface area contributed by atoms with Gasteiger partial charge in [0.15, 0.2) is 33.0 Å². The zero-order chi connectivity index (χ0) is 38.1. The van der Waals surface area contributed by atoms with Crippen molar-refractivity contribution < 1.29 is 18.9 Å². The molecule has 6 aromatic heterocycles. The van der Waals surface area contributed by atoms with Gasteiger partial charge in [-0.3, -0.25) is 0 Å². The van der Waals surface area contributed by atoms with Gasteiger partial charge in [-0.15, -0.1) is 68.0 Å². The predicted octanol–water partition coefficient (Wildman–Crippen LogP) is 15.3. The van der Waals surface area contributed by atoms with E-state index in [1.165, 1.54) is 96.6 Å². The van der Waals surface area contributed by atoms with E-state index in [9.17, 15) is 0 Å². The highest BCUT2D eigenvalue weighted by Gasteiger charge is 2.32. The fourth-order valence-corrected chi connectivity index (χ4v) is 14.0. The van der Waals surface area contributed by atoms with E-state index in [1.807, 2.05) is 0 Å². The van der Waals surface area contributed by atoms with Crippen LogP contribution in [-0.2, 0) is 12.8 Å². The van der Waals surface area contributed by atoms with Crippen LogP contribution >= 0.6 is 68.0 Å². The Labute approximate surface area is 355 Å². The van der Waals surface area contributed by atoms with E-state index in [2.05, 4.69) is 48.9 Å². The van der Waals surface area contributed by atoms with Crippen LogP contribution in [0.2, 0.25) is 0 Å². The Bertz CT molecular complexity index is 1970. The second kappa shape index (κ2) is 19.8. The van der Waals surface area contributed by atoms with Crippen LogP contribution < -0.4 is 18.9 Å². The molecule has 12 heteroatoms. The molecule has 0 saturated carbocycles. The molecule has 0 bridgehead atoms. The molecular formula is C44H52N2O4S6. The number of fused-ring (bicyclic) bond motifs is 2. The van der Waals surface area contributed by atoms with Crippen molar-refractivity contribution in [3.05, 3.63) is 46.4 Å². The van der Waals surface area contributed by atoms with Crippen LogP contribution in [0.5, 0.6) is 23.0 Å². The molecule has 0 spiro atoms. The molecule has 0 atom stereocenters. The molecule has 2 aliphatic heterocycles. The Morgan fingerprint density at radius 3 is 1.20 bits per heavy atom. The van der Waals surface area contributed by atoms with Crippen molar-refractivity contribution in [3.63, 3.8) is 0 Å². The topological polar surface area (TPSA) is 62.7 Å². The van der Waals surface area contributed by atoms with Gasteiger partial charge in [-0.25, -0.2) is 9.97 Å². The maximum absolute atomic E-state index is 6.42. The summed E-state index contributed by atoms with van der Waals surface area (Å²) in [5.74, 6) is 3.53. The van der Waals surface area contributed by atoms with Gasteiger partial charge in [-0.05, 0) is 48.6 Å². The van der Waals surface area contributed by atoms with Gasteiger partial charge in [0.1, 0.15) is 26.4 Å². The summed E-state index contributed by atoms with van der Waals surface area (Å²) in [5.41, 5.74) is 2.32. The Hall–Kier alpha value is -2.74. The third-order valence-corrected chi connectivity index (χ3v) is 17.4. The Morgan fingerprint density at radius 1 is 0.446 bits per heavy atom. The quantitative estimate of drug-likeness (QED) is 0.0672. The van der Waals surface area contributed by atoms with Gasteiger partial charge < -0.3 is 18.9 Å². The number of thiophene rings is 4. The fraction of sp³-hybridized carbons (Fsp3) is 0.500. The molecule has 6 aromatic rings. The number of hydrogen-bond acceptors (Lipinski definition) is 12. The minimum atomic E-state index is 0.557. The first-order chi connectivity index (χ1) is 27.7. The maximum Gasteiger partial charge on any atom is 0.181 e. The first-order valence-corrected chi connectivity index (χ1v) is 25.7. The SMILES string of the molecule is CCCCCCCCCc1nc(-c2nc(CCCCCCCCC)c(-c3sc(-c4cccs4)c4c3OCCO4)s2)sc1-c1sc(-c2cccs2)c2c1OCCO2. The summed E-state index contributed by atoms with van der Waals surface area (Å²) in [6.45, 7) is 6.82. The molecular weight excluding hydrogens is 813 g/mol. The van der Waals surface area contributed by atoms with E-state index >= 15 is 0 Å². The van der Waals surface area contributed by atoms with Crippen LogP contribution in [0.15, 0.2) is 35.0 Å². The molecule has 8 heterocycles. The van der Waals surface area contributed by atoms with Crippen molar-refractivity contribution in [2.24, 2.45) is 0 Å². The smallest absolute Gasteiger partial charge is 0.181 e. The lowest BCUT2D eigenvalue weighted by Crippen LogP contribution is -2.14. The zero-order valence-electron chi connectivity index (χ0n) is 32.6. The highest BCUT2D eigenvalue weighted by Crippen LogP contribution is 2.58. The number of rotatable bonds is 21. The van der Waals surface area contributed by atoms with Crippen molar-refractivity contribution in [3.8, 4) is 72.0 Å². The van der Waals surface area contributed by atoms with Gasteiger partial charge in [-0.2, -0.15) is 0 Å². The molecule has 0 unspecified atom stereocenters. The lowest BCUT2D eigenvalue weighted by atomic mass is 10.1. The number of thiazole rings is 2. The first-order valence-electron chi connectivity index (χ1n) is 20.7. The number of ether oxygens (including phenoxy) is 4. The van der Waals surface area contributed by atoms with E-state index in [-0.39, 0.29) is 0 Å². The summed E-state index contributed by atoms with van der Waals surface area (Å²) in [4.78, 5) is 20.4. The van der Waals surface area contributed by atoms with Crippen LogP contribution in [0.25, 0.3) is 49.0 Å². The average Bonchev–Trinajstić information content (AvgIpc) is 4.08. The summed E-state index contributed by atoms with van der Waals surface area (Å²) in [6, 6.07) is 8.59. The van der Waals surface area contributed by atoms with Crippen molar-refractivity contribution >= 4 is 68.0 Å². The summed E-state index contributed by atoms with van der Waals surface area (Å²) < 4.78 is 25.5. The number of aryl methyl sites for hydroxylation is 2. The van der Waals surface area contributed by atoms with Gasteiger partial charge in [0.05, 0.1) is 40.7 Å². The molecule has 0 fully saturated rings. The van der Waals surface area contributed by atoms with Gasteiger partial charge in [-0.1, -0.05) is 103 Å². The van der Waals surface area contributed by atoms with Crippen molar-refractivity contribution in [2.45, 2.75) is 117 Å². The standard InChI is InChI=1S/C44H52N2O4S6/c1-3-5-7-9-11-13-15-19-29-37(41-35-33(47-23-25-49-35)39(53-41)31-21-17-27-51-31)55-43(45-29)44-46-30(20-16-14-12-10-8-6-4-2)38(56-44)42-36-34(48-24-26-50-36)40(54-42)32-22-18-28-52-32/h17-18,21-22,27-28H,3-16,19-20,23-26H2,1-2H3. The van der Waals surface area contributed by atoms with E-state index in [0.717, 1.165) is 89.6 Å². The molecule has 0 saturated heterocycles. The molecule has 0 aromatic carbocycles. The largest absolute Gasteiger partial charge is 0.485 e. The second-order valence-corrected chi connectivity index (χ2v) is 20.5. The monoisotopic (exact) mass is 864 g/mol. The van der Waals surface area contributed by atoms with Crippen LogP contribution in [0, 0.1) is 0 Å². The van der Waals surface area contributed by atoms with E-state index in [1.54, 1.807) is 68.0 Å². The molecule has 6 nitrogen and oxygen atoms in total. The Kier molecular flexibility index (Phi) is 14.2. The van der Waals surface area contributed by atoms with E-state index in [0.29, 0.717) is 26.4 Å². The van der Waals surface area contributed by atoms with Gasteiger partial charge in [0.2, 0.25) is 0 Å². The molecule has 0 aliphatic carbocycles. The number of nitrogens with zero attached hydrogens (tertiary/aromatic N) is 2. The average molecular weight is 865 g/mol. The summed E-state index contributed by atoms with van der Waals surface area (Å²) in [7, 11) is 0. The number of aromatic nitrogens is 2. The normalized spacial score (nSPS) is 13.5. The summed E-state index contributed by atoms with van der Waals surface area (Å²) >= 11 is 10.6. The van der Waals surface area contributed by atoms with Gasteiger partial charge >= 0.3 is 0 Å². The van der Waals surface area contributed by atoms with Crippen LogP contribution in [-0.4, -0.2) is 36.4 Å². The van der Waals surface area contributed by atoms with Gasteiger partial charge in [0, 0.05) is 9.75 Å². The minimum Gasteiger partial charge on any atom is -0.485 e. The lowest BCUT2D eigenvalue weighted by molar-refractivity contribution is 0.175. The zero-order valence-corrected chi connectivity index (χ0v) is 37.5. The van der Waals surface area contributed by atoms with Crippen LogP contribution in [0.3, 0.4) is 0 Å². The lowest BCUT2D eigenvalue weighted by Gasteiger charge is -2.17. The fourth-order valence-electron chi connectivity index (χ4n) is 7.42. The third-order valence-electron chi connectivity index (χ3n) is 10.3. The summed E-state index contributed by atoms with van der Waals surface area (Å²) in [5, 5.41) is 6.26. The second-order valence-electron chi connectivity index (χ2n) is 14.5. The Morgan fingerprint density at radius 2 is 0.821 bits per heavy atom. The molecule has 56 heavy (non-hydrogen) atoms. The van der Waals surface area contributed by atoms with Crippen molar-refractivity contribution in [2.75, 3.05) is 26.4 Å². The third kappa shape index (κ3) is 9.10. The van der Waals surface area contributed by atoms with Crippen molar-refractivity contribution in [1.82, 2.24) is 9.97 Å². The number of unbranched alkanes of at least 4 members (excludes halogenated alkanes) is 12. The molecule has 0 N–H and O–H groups in total. The molecule has 8 rings (SSSR count). The summed E-state index contributed by atoms with van der Waals surface area (Å²) in [6.07, 6.45) is 19.7. The molecule has 0 radical (unpaired) electrons. The highest BCUT2D eigenvalue weighted by molar-refractivity contribution is 7.30. The maximum atomic E-state index is 6.42. The van der Waals surface area contributed by atoms with Crippen molar-refractivity contribution in [1.29, 1.82) is 0 Å².